The van der Waals surface area contributed by atoms with Crippen LogP contribution >= 0.6 is 11.6 Å². The number of carbonyl (C=O) groups is 2. The highest BCUT2D eigenvalue weighted by Crippen LogP contribution is 2.32. The number of nitrogens with zero attached hydrogens (tertiary/aromatic N) is 3. The van der Waals surface area contributed by atoms with Crippen LogP contribution in [-0.4, -0.2) is 45.5 Å². The summed E-state index contributed by atoms with van der Waals surface area (Å²) in [6.07, 6.45) is 2.08. The fraction of sp³-hybridized carbons (Fsp3) is 0.190. The molecule has 3 heterocycles. The summed E-state index contributed by atoms with van der Waals surface area (Å²) in [4.78, 5) is 30.8. The van der Waals surface area contributed by atoms with Gasteiger partial charge in [-0.25, -0.2) is 5.01 Å². The number of rotatable bonds is 2. The first-order valence-electron chi connectivity index (χ1n) is 9.09. The third kappa shape index (κ3) is 2.77. The van der Waals surface area contributed by atoms with Crippen molar-refractivity contribution in [2.75, 3.05) is 6.54 Å². The minimum Gasteiger partial charge on any atom is -0.357 e. The van der Waals surface area contributed by atoms with E-state index in [-0.39, 0.29) is 18.4 Å². The highest BCUT2D eigenvalue weighted by atomic mass is 35.5. The predicted molar refractivity (Wildman–Crippen MR) is 107 cm³/mol. The van der Waals surface area contributed by atoms with E-state index in [0.717, 1.165) is 27.7 Å². The van der Waals surface area contributed by atoms with Crippen LogP contribution < -0.4 is 0 Å². The molecule has 0 bridgehead atoms. The molecule has 0 saturated carbocycles. The van der Waals surface area contributed by atoms with E-state index in [1.807, 2.05) is 36.4 Å². The Morgan fingerprint density at radius 3 is 2.68 bits per heavy atom. The Bertz CT molecular complexity index is 1120. The summed E-state index contributed by atoms with van der Waals surface area (Å²) in [6, 6.07) is 14.6. The fourth-order valence-corrected chi connectivity index (χ4v) is 4.07. The number of amides is 2. The van der Waals surface area contributed by atoms with Crippen LogP contribution in [0.15, 0.2) is 53.6 Å². The predicted octanol–water partition coefficient (Wildman–Crippen LogP) is 2.95. The second-order valence-corrected chi connectivity index (χ2v) is 7.50. The average Bonchev–Trinajstić information content (AvgIpc) is 3.07. The van der Waals surface area contributed by atoms with Gasteiger partial charge in [0.15, 0.2) is 0 Å². The maximum absolute atomic E-state index is 13.0. The van der Waals surface area contributed by atoms with E-state index in [4.69, 9.17) is 11.6 Å². The number of aromatic amines is 1. The van der Waals surface area contributed by atoms with Crippen molar-refractivity contribution in [3.8, 4) is 0 Å². The first kappa shape index (κ1) is 17.0. The summed E-state index contributed by atoms with van der Waals surface area (Å²) >= 11 is 5.89. The topological polar surface area (TPSA) is 68.8 Å². The lowest BCUT2D eigenvalue weighted by Crippen LogP contribution is -2.60. The van der Waals surface area contributed by atoms with Crippen molar-refractivity contribution in [3.63, 3.8) is 0 Å². The summed E-state index contributed by atoms with van der Waals surface area (Å²) in [7, 11) is 0. The Kier molecular flexibility index (Phi) is 3.94. The maximum atomic E-state index is 13.0. The molecule has 2 aromatic carbocycles. The molecule has 1 aromatic heterocycles. The third-order valence-corrected chi connectivity index (χ3v) is 5.62. The van der Waals surface area contributed by atoms with Crippen molar-refractivity contribution in [3.05, 3.63) is 70.4 Å². The van der Waals surface area contributed by atoms with Gasteiger partial charge in [0.2, 0.25) is 5.91 Å². The molecule has 140 valence electrons. The van der Waals surface area contributed by atoms with E-state index >= 15 is 0 Å². The lowest BCUT2D eigenvalue weighted by molar-refractivity contribution is -0.157. The number of benzene rings is 2. The second-order valence-electron chi connectivity index (χ2n) is 7.06. The molecular weight excluding hydrogens is 376 g/mol. The molecule has 5 rings (SSSR count). The number of hydrazone groups is 1. The van der Waals surface area contributed by atoms with Crippen LogP contribution in [0.5, 0.6) is 0 Å². The van der Waals surface area contributed by atoms with Crippen molar-refractivity contribution < 1.29 is 9.59 Å². The number of hydrogen-bond donors (Lipinski definition) is 1. The highest BCUT2D eigenvalue weighted by molar-refractivity contribution is 6.30. The Morgan fingerprint density at radius 2 is 1.86 bits per heavy atom. The Morgan fingerprint density at radius 1 is 1.07 bits per heavy atom. The lowest BCUT2D eigenvalue weighted by atomic mass is 9.94. The number of halogens is 1. The first-order chi connectivity index (χ1) is 13.6. The minimum atomic E-state index is -0.518. The van der Waals surface area contributed by atoms with Gasteiger partial charge in [0, 0.05) is 28.0 Å². The van der Waals surface area contributed by atoms with Gasteiger partial charge in [-0.3, -0.25) is 9.59 Å². The molecule has 0 aliphatic carbocycles. The lowest BCUT2D eigenvalue weighted by Gasteiger charge is -2.40. The largest absolute Gasteiger partial charge is 0.357 e. The van der Waals surface area contributed by atoms with Crippen LogP contribution in [0.1, 0.15) is 16.8 Å². The van der Waals surface area contributed by atoms with Crippen LogP contribution in [-0.2, 0) is 22.6 Å². The van der Waals surface area contributed by atoms with Crippen molar-refractivity contribution in [1.29, 1.82) is 0 Å². The molecule has 1 saturated heterocycles. The smallest absolute Gasteiger partial charge is 0.266 e. The molecule has 7 heteroatoms. The van der Waals surface area contributed by atoms with E-state index in [1.54, 1.807) is 23.2 Å². The molecule has 2 aliphatic rings. The fourth-order valence-electron chi connectivity index (χ4n) is 3.94. The molecule has 0 spiro atoms. The van der Waals surface area contributed by atoms with Gasteiger partial charge in [-0.05, 0) is 29.3 Å². The molecule has 2 amide bonds. The molecule has 1 atom stereocenters. The molecule has 2 aliphatic heterocycles. The Hall–Kier alpha value is -3.12. The van der Waals surface area contributed by atoms with Crippen LogP contribution in [0.2, 0.25) is 5.02 Å². The van der Waals surface area contributed by atoms with E-state index in [1.165, 1.54) is 5.01 Å². The SMILES string of the molecule is O=C1[C@H]2Cc3c([nH]c4ccccc34)CN2C(=O)CN1N=Cc1ccc(Cl)cc1. The zero-order valence-electron chi connectivity index (χ0n) is 14.9. The third-order valence-electron chi connectivity index (χ3n) is 5.37. The second kappa shape index (κ2) is 6.49. The molecule has 0 radical (unpaired) electrons. The average molecular weight is 393 g/mol. The number of aromatic nitrogens is 1. The molecule has 0 unspecified atom stereocenters. The minimum absolute atomic E-state index is 0.0466. The summed E-state index contributed by atoms with van der Waals surface area (Å²) in [5, 5.41) is 7.29. The molecule has 1 N–H and O–H groups in total. The van der Waals surface area contributed by atoms with Crippen molar-refractivity contribution in [1.82, 2.24) is 14.9 Å². The number of piperazine rings is 1. The normalized spacial score (nSPS) is 19.4. The number of nitrogens with one attached hydrogen (secondary N) is 1. The number of para-hydroxylation sites is 1. The molecule has 6 nitrogen and oxygen atoms in total. The van der Waals surface area contributed by atoms with Gasteiger partial charge >= 0.3 is 0 Å². The number of fused-ring (bicyclic) bond motifs is 4. The summed E-state index contributed by atoms with van der Waals surface area (Å²) < 4.78 is 0. The zero-order valence-corrected chi connectivity index (χ0v) is 15.7. The quantitative estimate of drug-likeness (QED) is 0.681. The molecule has 3 aromatic rings. The van der Waals surface area contributed by atoms with Crippen LogP contribution in [0.4, 0.5) is 0 Å². The van der Waals surface area contributed by atoms with Gasteiger partial charge in [0.05, 0.1) is 12.8 Å². The van der Waals surface area contributed by atoms with Gasteiger partial charge in [-0.2, -0.15) is 5.10 Å². The monoisotopic (exact) mass is 392 g/mol. The van der Waals surface area contributed by atoms with E-state index in [2.05, 4.69) is 10.1 Å². The van der Waals surface area contributed by atoms with Gasteiger partial charge < -0.3 is 9.88 Å². The molecular formula is C21H17ClN4O2. The Labute approximate surface area is 166 Å². The van der Waals surface area contributed by atoms with Crippen molar-refractivity contribution >= 4 is 40.5 Å². The summed E-state index contributed by atoms with van der Waals surface area (Å²) in [5.74, 6) is -0.247. The van der Waals surface area contributed by atoms with E-state index < -0.39 is 6.04 Å². The standard InChI is InChI=1S/C21H17ClN4O2/c22-14-7-5-13(6-8-14)10-23-26-12-20(27)25-11-18-16(9-19(25)21(26)28)15-3-1-2-4-17(15)24-18/h1-8,10,19,24H,9,11-12H2/t19-/m1/s1. The van der Waals surface area contributed by atoms with Crippen LogP contribution in [0.25, 0.3) is 10.9 Å². The van der Waals surface area contributed by atoms with Gasteiger partial charge in [0.25, 0.3) is 5.91 Å². The molecule has 28 heavy (non-hydrogen) atoms. The molecule has 1 fully saturated rings. The number of H-pyrrole nitrogens is 1. The highest BCUT2D eigenvalue weighted by Gasteiger charge is 2.43. The van der Waals surface area contributed by atoms with Crippen molar-refractivity contribution in [2.24, 2.45) is 5.10 Å². The van der Waals surface area contributed by atoms with Gasteiger partial charge in [0.1, 0.15) is 12.6 Å². The van der Waals surface area contributed by atoms with E-state index in [9.17, 15) is 9.59 Å². The van der Waals surface area contributed by atoms with Gasteiger partial charge in [-0.15, -0.1) is 0 Å². The summed E-state index contributed by atoms with van der Waals surface area (Å²) in [6.45, 7) is 0.378. The zero-order chi connectivity index (χ0) is 19.3. The number of hydrogen-bond acceptors (Lipinski definition) is 3. The Balaban J connectivity index is 1.44. The van der Waals surface area contributed by atoms with Crippen LogP contribution in [0.3, 0.4) is 0 Å². The van der Waals surface area contributed by atoms with Gasteiger partial charge in [-0.1, -0.05) is 41.9 Å². The van der Waals surface area contributed by atoms with E-state index in [0.29, 0.717) is 18.0 Å². The van der Waals surface area contributed by atoms with Crippen molar-refractivity contribution in [2.45, 2.75) is 19.0 Å². The van der Waals surface area contributed by atoms with Crippen LogP contribution in [0, 0.1) is 0 Å². The number of carbonyl (C=O) groups excluding carboxylic acids is 2. The first-order valence-corrected chi connectivity index (χ1v) is 9.47. The summed E-state index contributed by atoms with van der Waals surface area (Å²) in [5.41, 5.74) is 3.97. The maximum Gasteiger partial charge on any atom is 0.266 e.